The zero-order valence-electron chi connectivity index (χ0n) is 10.7. The van der Waals surface area contributed by atoms with Crippen LogP contribution < -0.4 is 11.1 Å². The summed E-state index contributed by atoms with van der Waals surface area (Å²) in [4.78, 5) is 16.5. The molecule has 2 aromatic rings. The molecule has 1 heterocycles. The first-order chi connectivity index (χ1) is 9.47. The SMILES string of the molecule is Cc1cccc(C(=O)Nc2cc(Cl)ccc2C(N)=S)n1. The monoisotopic (exact) mass is 305 g/mol. The van der Waals surface area contributed by atoms with Gasteiger partial charge >= 0.3 is 0 Å². The van der Waals surface area contributed by atoms with Crippen LogP contribution in [0, 0.1) is 6.92 Å². The Morgan fingerprint density at radius 2 is 2.10 bits per heavy atom. The van der Waals surface area contributed by atoms with E-state index in [4.69, 9.17) is 29.6 Å². The Bertz CT molecular complexity index is 688. The van der Waals surface area contributed by atoms with E-state index < -0.39 is 0 Å². The predicted octanol–water partition coefficient (Wildman–Crippen LogP) is 2.93. The molecule has 1 amide bonds. The number of carbonyl (C=O) groups is 1. The second-order valence-corrected chi connectivity index (χ2v) is 5.05. The zero-order valence-corrected chi connectivity index (χ0v) is 12.3. The maximum absolute atomic E-state index is 12.2. The minimum atomic E-state index is -0.339. The molecule has 0 spiro atoms. The zero-order chi connectivity index (χ0) is 14.7. The Kier molecular flexibility index (Phi) is 4.32. The maximum atomic E-state index is 12.2. The third kappa shape index (κ3) is 3.31. The molecule has 0 aliphatic rings. The number of aromatic nitrogens is 1. The molecular formula is C14H12ClN3OS. The van der Waals surface area contributed by atoms with Gasteiger partial charge in [-0.1, -0.05) is 29.9 Å². The van der Waals surface area contributed by atoms with Crippen molar-refractivity contribution in [2.75, 3.05) is 5.32 Å². The number of aryl methyl sites for hydroxylation is 1. The van der Waals surface area contributed by atoms with Gasteiger partial charge in [0.1, 0.15) is 10.7 Å². The summed E-state index contributed by atoms with van der Waals surface area (Å²) in [6.45, 7) is 1.82. The highest BCUT2D eigenvalue weighted by atomic mass is 35.5. The summed E-state index contributed by atoms with van der Waals surface area (Å²) in [6, 6.07) is 10.2. The van der Waals surface area contributed by atoms with Crippen LogP contribution in [0.5, 0.6) is 0 Å². The molecule has 0 bridgehead atoms. The molecule has 1 aromatic carbocycles. The Morgan fingerprint density at radius 3 is 2.75 bits per heavy atom. The maximum Gasteiger partial charge on any atom is 0.274 e. The Morgan fingerprint density at radius 1 is 1.35 bits per heavy atom. The lowest BCUT2D eigenvalue weighted by atomic mass is 10.1. The van der Waals surface area contributed by atoms with E-state index in [1.54, 1.807) is 30.3 Å². The number of amides is 1. The first kappa shape index (κ1) is 14.4. The van der Waals surface area contributed by atoms with Gasteiger partial charge in [-0.05, 0) is 37.3 Å². The lowest BCUT2D eigenvalue weighted by Gasteiger charge is -2.10. The first-order valence-electron chi connectivity index (χ1n) is 5.82. The lowest BCUT2D eigenvalue weighted by molar-refractivity contribution is 0.102. The van der Waals surface area contributed by atoms with Crippen molar-refractivity contribution in [2.45, 2.75) is 6.92 Å². The molecule has 0 radical (unpaired) electrons. The Balaban J connectivity index is 2.32. The van der Waals surface area contributed by atoms with E-state index in [9.17, 15) is 4.79 Å². The van der Waals surface area contributed by atoms with Crippen LogP contribution in [0.2, 0.25) is 5.02 Å². The second kappa shape index (κ2) is 5.98. The van der Waals surface area contributed by atoms with Crippen LogP contribution in [0.1, 0.15) is 21.7 Å². The number of halogens is 1. The van der Waals surface area contributed by atoms with E-state index in [1.807, 2.05) is 13.0 Å². The van der Waals surface area contributed by atoms with E-state index in [1.165, 1.54) is 0 Å². The third-order valence-corrected chi connectivity index (χ3v) is 3.07. The van der Waals surface area contributed by atoms with E-state index in [0.29, 0.717) is 22.0 Å². The number of nitrogens with two attached hydrogens (primary N) is 1. The molecule has 0 aliphatic heterocycles. The van der Waals surface area contributed by atoms with Gasteiger partial charge in [-0.15, -0.1) is 0 Å². The number of benzene rings is 1. The van der Waals surface area contributed by atoms with Crippen LogP contribution in [0.25, 0.3) is 0 Å². The largest absolute Gasteiger partial charge is 0.389 e. The Hall–Kier alpha value is -1.98. The van der Waals surface area contributed by atoms with Gasteiger partial charge in [-0.2, -0.15) is 0 Å². The van der Waals surface area contributed by atoms with Crippen molar-refractivity contribution >= 4 is 40.4 Å². The summed E-state index contributed by atoms with van der Waals surface area (Å²) < 4.78 is 0. The molecule has 4 nitrogen and oxygen atoms in total. The highest BCUT2D eigenvalue weighted by Crippen LogP contribution is 2.21. The minimum absolute atomic E-state index is 0.189. The fourth-order valence-corrected chi connectivity index (χ4v) is 2.04. The lowest BCUT2D eigenvalue weighted by Crippen LogP contribution is -2.18. The number of thiocarbonyl (C=S) groups is 1. The first-order valence-corrected chi connectivity index (χ1v) is 6.60. The normalized spacial score (nSPS) is 10.1. The topological polar surface area (TPSA) is 68.0 Å². The quantitative estimate of drug-likeness (QED) is 0.856. The van der Waals surface area contributed by atoms with Crippen LogP contribution in [-0.2, 0) is 0 Å². The average Bonchev–Trinajstić information content (AvgIpc) is 2.38. The highest BCUT2D eigenvalue weighted by Gasteiger charge is 2.12. The summed E-state index contributed by atoms with van der Waals surface area (Å²) >= 11 is 10.9. The van der Waals surface area contributed by atoms with Gasteiger partial charge in [0.15, 0.2) is 0 Å². The van der Waals surface area contributed by atoms with Crippen LogP contribution in [0.4, 0.5) is 5.69 Å². The van der Waals surface area contributed by atoms with Crippen LogP contribution in [0.3, 0.4) is 0 Å². The molecule has 0 atom stereocenters. The molecule has 0 fully saturated rings. The fraction of sp³-hybridized carbons (Fsp3) is 0.0714. The molecule has 3 N–H and O–H groups in total. The number of nitrogens with zero attached hydrogens (tertiary/aromatic N) is 1. The number of hydrogen-bond donors (Lipinski definition) is 2. The standard InChI is InChI=1S/C14H12ClN3OS/c1-8-3-2-4-11(17-8)14(19)18-12-7-9(15)5-6-10(12)13(16)20/h2-7H,1H3,(H2,16,20)(H,18,19). The van der Waals surface area contributed by atoms with E-state index in [-0.39, 0.29) is 10.9 Å². The molecule has 2 rings (SSSR count). The number of pyridine rings is 1. The van der Waals surface area contributed by atoms with Crippen molar-refractivity contribution in [2.24, 2.45) is 5.73 Å². The molecular weight excluding hydrogens is 294 g/mol. The van der Waals surface area contributed by atoms with Gasteiger partial charge < -0.3 is 11.1 Å². The van der Waals surface area contributed by atoms with Gasteiger partial charge in [0.25, 0.3) is 5.91 Å². The van der Waals surface area contributed by atoms with Crippen LogP contribution in [0.15, 0.2) is 36.4 Å². The summed E-state index contributed by atoms with van der Waals surface area (Å²) in [5, 5.41) is 3.21. The average molecular weight is 306 g/mol. The number of hydrogen-bond acceptors (Lipinski definition) is 3. The summed E-state index contributed by atoms with van der Waals surface area (Å²) in [7, 11) is 0. The number of anilines is 1. The molecule has 6 heteroatoms. The van der Waals surface area contributed by atoms with Gasteiger partial charge in [0.2, 0.25) is 0 Å². The van der Waals surface area contributed by atoms with Crippen molar-refractivity contribution in [3.63, 3.8) is 0 Å². The predicted molar refractivity (Wildman–Crippen MR) is 84.3 cm³/mol. The summed E-state index contributed by atoms with van der Waals surface area (Å²) in [5.41, 5.74) is 7.74. The third-order valence-electron chi connectivity index (χ3n) is 2.62. The van der Waals surface area contributed by atoms with Gasteiger partial charge in [-0.25, -0.2) is 4.98 Å². The van der Waals surface area contributed by atoms with E-state index >= 15 is 0 Å². The van der Waals surface area contributed by atoms with Crippen LogP contribution in [-0.4, -0.2) is 15.9 Å². The van der Waals surface area contributed by atoms with Gasteiger partial charge in [0, 0.05) is 16.3 Å². The second-order valence-electron chi connectivity index (χ2n) is 4.17. The molecule has 0 saturated heterocycles. The van der Waals surface area contributed by atoms with Crippen molar-refractivity contribution in [1.29, 1.82) is 0 Å². The van der Waals surface area contributed by atoms with Crippen molar-refractivity contribution in [3.8, 4) is 0 Å². The Labute approximate surface area is 127 Å². The van der Waals surface area contributed by atoms with Gasteiger partial charge in [0.05, 0.1) is 5.69 Å². The molecule has 102 valence electrons. The fourth-order valence-electron chi connectivity index (χ4n) is 1.69. The molecule has 0 aliphatic carbocycles. The molecule has 0 unspecified atom stereocenters. The number of carbonyl (C=O) groups excluding carboxylic acids is 1. The van der Waals surface area contributed by atoms with Crippen molar-refractivity contribution in [3.05, 3.63) is 58.4 Å². The highest BCUT2D eigenvalue weighted by molar-refractivity contribution is 7.80. The molecule has 1 aromatic heterocycles. The van der Waals surface area contributed by atoms with Gasteiger partial charge in [-0.3, -0.25) is 4.79 Å². The van der Waals surface area contributed by atoms with Crippen LogP contribution >= 0.6 is 23.8 Å². The smallest absolute Gasteiger partial charge is 0.274 e. The summed E-state index contributed by atoms with van der Waals surface area (Å²) in [5.74, 6) is -0.339. The van der Waals surface area contributed by atoms with E-state index in [0.717, 1.165) is 5.69 Å². The molecule has 0 saturated carbocycles. The number of rotatable bonds is 3. The van der Waals surface area contributed by atoms with Crippen molar-refractivity contribution in [1.82, 2.24) is 4.98 Å². The molecule has 20 heavy (non-hydrogen) atoms. The number of nitrogens with one attached hydrogen (secondary N) is 1. The minimum Gasteiger partial charge on any atom is -0.389 e. The summed E-state index contributed by atoms with van der Waals surface area (Å²) in [6.07, 6.45) is 0. The van der Waals surface area contributed by atoms with E-state index in [2.05, 4.69) is 10.3 Å². The van der Waals surface area contributed by atoms with Crippen molar-refractivity contribution < 1.29 is 4.79 Å².